The second-order valence-corrected chi connectivity index (χ2v) is 12.2. The Labute approximate surface area is 247 Å². The van der Waals surface area contributed by atoms with Crippen LogP contribution in [-0.4, -0.2) is 82.1 Å². The molecule has 1 saturated carbocycles. The maximum absolute atomic E-state index is 12.4. The molecule has 3 aliphatic rings. The number of piperazine rings is 1. The van der Waals surface area contributed by atoms with Crippen molar-refractivity contribution in [2.75, 3.05) is 33.2 Å². The molecule has 0 aromatic carbocycles. The van der Waals surface area contributed by atoms with Crippen LogP contribution in [-0.2, 0) is 4.79 Å². The molecule has 41 heavy (non-hydrogen) atoms. The normalized spacial score (nSPS) is 22.0. The number of hydrogen-bond donors (Lipinski definition) is 3. The first kappa shape index (κ1) is 29.4. The monoisotopic (exact) mass is 577 g/mol. The lowest BCUT2D eigenvalue weighted by Gasteiger charge is -2.43. The van der Waals surface area contributed by atoms with E-state index >= 15 is 0 Å². The summed E-state index contributed by atoms with van der Waals surface area (Å²) in [6.07, 6.45) is 10.9. The molecule has 2 aliphatic carbocycles. The Morgan fingerprint density at radius 3 is 2.76 bits per heavy atom. The number of H-pyrrole nitrogens is 1. The van der Waals surface area contributed by atoms with E-state index in [1.54, 1.807) is 11.3 Å². The molecule has 0 spiro atoms. The van der Waals surface area contributed by atoms with E-state index in [9.17, 15) is 4.79 Å². The van der Waals surface area contributed by atoms with Gasteiger partial charge in [-0.05, 0) is 70.5 Å². The first-order valence-electron chi connectivity index (χ1n) is 14.8. The van der Waals surface area contributed by atoms with Crippen molar-refractivity contribution in [1.29, 1.82) is 0 Å². The number of allylic oxidation sites excluding steroid dienone is 3. The Hall–Kier alpha value is -3.12. The van der Waals surface area contributed by atoms with E-state index in [0.717, 1.165) is 80.4 Å². The number of nitrogens with zero attached hydrogens (tertiary/aromatic N) is 6. The number of amidine groups is 2. The number of likely N-dealkylation sites (N-methyl/N-ethyl adjacent to an activating group) is 1. The number of thiophene rings is 1. The maximum Gasteiger partial charge on any atom is 0.227 e. The topological polar surface area (TPSA) is 104 Å². The molecule has 1 saturated heterocycles. The van der Waals surface area contributed by atoms with Gasteiger partial charge in [-0.25, -0.2) is 15.0 Å². The van der Waals surface area contributed by atoms with Gasteiger partial charge in [0.05, 0.1) is 10.6 Å². The van der Waals surface area contributed by atoms with E-state index in [2.05, 4.69) is 80.5 Å². The predicted molar refractivity (Wildman–Crippen MR) is 167 cm³/mol. The Morgan fingerprint density at radius 1 is 1.24 bits per heavy atom. The van der Waals surface area contributed by atoms with Crippen molar-refractivity contribution >= 4 is 34.7 Å². The van der Waals surface area contributed by atoms with Crippen LogP contribution in [0.15, 0.2) is 57.5 Å². The number of hydrogen-bond acceptors (Lipinski definition) is 7. The number of rotatable bonds is 9. The molecule has 1 aliphatic heterocycles. The highest BCUT2D eigenvalue weighted by molar-refractivity contribution is 7.13. The molecule has 3 heterocycles. The lowest BCUT2D eigenvalue weighted by Crippen LogP contribution is -2.62. The number of carbonyl (C=O) groups is 1. The quantitative estimate of drug-likeness (QED) is 0.226. The third-order valence-corrected chi connectivity index (χ3v) is 8.78. The molecule has 3 N–H and O–H groups in total. The predicted octanol–water partition coefficient (Wildman–Crippen LogP) is 4.73. The van der Waals surface area contributed by atoms with Crippen LogP contribution in [0.4, 0.5) is 5.82 Å². The van der Waals surface area contributed by atoms with Crippen LogP contribution in [0.25, 0.3) is 10.6 Å². The van der Waals surface area contributed by atoms with E-state index in [-0.39, 0.29) is 23.8 Å². The largest absolute Gasteiger partial charge is 0.326 e. The fourth-order valence-corrected chi connectivity index (χ4v) is 5.65. The molecule has 1 amide bonds. The van der Waals surface area contributed by atoms with Crippen LogP contribution >= 0.6 is 11.3 Å². The van der Waals surface area contributed by atoms with Crippen LogP contribution in [0.3, 0.4) is 0 Å². The second-order valence-electron chi connectivity index (χ2n) is 11.2. The van der Waals surface area contributed by atoms with Crippen molar-refractivity contribution < 1.29 is 4.79 Å². The van der Waals surface area contributed by atoms with Crippen molar-refractivity contribution in [2.45, 2.75) is 58.9 Å². The smallest absolute Gasteiger partial charge is 0.227 e. The molecule has 2 aromatic heterocycles. The van der Waals surface area contributed by atoms with Gasteiger partial charge >= 0.3 is 0 Å². The summed E-state index contributed by atoms with van der Waals surface area (Å²) in [5.74, 6) is 2.53. The molecular weight excluding hydrogens is 534 g/mol. The molecular formula is C30H43N9OS. The zero-order valence-corrected chi connectivity index (χ0v) is 25.5. The van der Waals surface area contributed by atoms with Crippen LogP contribution in [0.2, 0.25) is 0 Å². The van der Waals surface area contributed by atoms with Crippen LogP contribution in [0.5, 0.6) is 0 Å². The van der Waals surface area contributed by atoms with E-state index in [1.165, 1.54) is 0 Å². The van der Waals surface area contributed by atoms with Crippen LogP contribution in [0, 0.1) is 11.8 Å². The van der Waals surface area contributed by atoms with Gasteiger partial charge in [0.25, 0.3) is 0 Å². The molecule has 220 valence electrons. The summed E-state index contributed by atoms with van der Waals surface area (Å²) in [6.45, 7) is 10.3. The van der Waals surface area contributed by atoms with E-state index in [4.69, 9.17) is 9.98 Å². The molecule has 5 rings (SSSR count). The number of aliphatic imine (C=N–C) groups is 2. The fourth-order valence-electron chi connectivity index (χ4n) is 4.96. The van der Waals surface area contributed by atoms with Gasteiger partial charge in [0.15, 0.2) is 5.82 Å². The van der Waals surface area contributed by atoms with Crippen LogP contribution in [0.1, 0.15) is 52.9 Å². The summed E-state index contributed by atoms with van der Waals surface area (Å²) in [4.78, 5) is 25.7. The molecule has 2 aromatic rings. The number of amides is 1. The SMILES string of the molecule is CCC(C)N(NC(=NC(C)=Nc1cc(-c2cccs2)[nH]n1)C1CC=CC(NC(=O)C2CC2)=CC1)N1CCN(C)CC1. The minimum absolute atomic E-state index is 0.103. The van der Waals surface area contributed by atoms with Gasteiger partial charge < -0.3 is 10.2 Å². The first-order chi connectivity index (χ1) is 19.9. The molecule has 2 atom stereocenters. The molecule has 2 fully saturated rings. The Balaban J connectivity index is 1.39. The van der Waals surface area contributed by atoms with E-state index in [0.29, 0.717) is 11.7 Å². The van der Waals surface area contributed by atoms with Gasteiger partial charge in [0, 0.05) is 55.8 Å². The number of aromatic nitrogens is 2. The average Bonchev–Trinajstić information content (AvgIpc) is 3.57. The van der Waals surface area contributed by atoms with E-state index < -0.39 is 0 Å². The Kier molecular flexibility index (Phi) is 9.81. The average molecular weight is 578 g/mol. The zero-order chi connectivity index (χ0) is 28.8. The second kappa shape index (κ2) is 13.7. The molecule has 11 heteroatoms. The van der Waals surface area contributed by atoms with Gasteiger partial charge in [-0.3, -0.25) is 15.3 Å². The van der Waals surface area contributed by atoms with Crippen molar-refractivity contribution in [3.63, 3.8) is 0 Å². The number of carbonyl (C=O) groups excluding carboxylic acids is 1. The third-order valence-electron chi connectivity index (χ3n) is 7.87. The molecule has 0 bridgehead atoms. The Morgan fingerprint density at radius 2 is 2.05 bits per heavy atom. The zero-order valence-electron chi connectivity index (χ0n) is 24.6. The summed E-state index contributed by atoms with van der Waals surface area (Å²) in [7, 11) is 2.17. The van der Waals surface area contributed by atoms with Crippen molar-refractivity contribution in [1.82, 2.24) is 36.0 Å². The molecule has 0 radical (unpaired) electrons. The number of aromatic amines is 1. The van der Waals surface area contributed by atoms with Crippen molar-refractivity contribution in [3.05, 3.63) is 47.5 Å². The first-order valence-corrected chi connectivity index (χ1v) is 15.7. The molecule has 10 nitrogen and oxygen atoms in total. The summed E-state index contributed by atoms with van der Waals surface area (Å²) in [5, 5.41) is 17.3. The Bertz CT molecular complexity index is 1280. The summed E-state index contributed by atoms with van der Waals surface area (Å²) >= 11 is 1.66. The van der Waals surface area contributed by atoms with Gasteiger partial charge in [-0.2, -0.15) is 10.2 Å². The maximum atomic E-state index is 12.4. The summed E-state index contributed by atoms with van der Waals surface area (Å²) in [5.41, 5.74) is 5.58. The number of nitrogens with one attached hydrogen (secondary N) is 3. The minimum atomic E-state index is 0.103. The number of hydrazine groups is 2. The van der Waals surface area contributed by atoms with Gasteiger partial charge in [-0.1, -0.05) is 25.1 Å². The standard InChI is InChI=1S/C30H43N9OS/c1-5-21(2)39(38-17-15-37(4)16-18-38)36-29(23-8-6-9-25(14-13-23)33-30(40)24-11-12-24)32-22(3)31-28-20-26(34-35-28)27-10-7-19-41-27/h6-7,9-10,14,19-21,23-24H,5,8,11-13,15-18H2,1-4H3,(H,33,40)(H2,31,32,34,35,36). The molecule has 2 unspecified atom stereocenters. The highest BCUT2D eigenvalue weighted by Gasteiger charge is 2.30. The van der Waals surface area contributed by atoms with Gasteiger partial charge in [0.1, 0.15) is 11.7 Å². The van der Waals surface area contributed by atoms with Gasteiger partial charge in [-0.15, -0.1) is 11.3 Å². The third kappa shape index (κ3) is 8.00. The van der Waals surface area contributed by atoms with Crippen molar-refractivity contribution in [2.24, 2.45) is 21.8 Å². The fraction of sp³-hybridized carbons (Fsp3) is 0.533. The minimum Gasteiger partial charge on any atom is -0.326 e. The van der Waals surface area contributed by atoms with E-state index in [1.807, 2.05) is 25.1 Å². The summed E-state index contributed by atoms with van der Waals surface area (Å²) in [6, 6.07) is 6.33. The lowest BCUT2D eigenvalue weighted by atomic mass is 10.0. The van der Waals surface area contributed by atoms with Gasteiger partial charge in [0.2, 0.25) is 5.91 Å². The van der Waals surface area contributed by atoms with Crippen molar-refractivity contribution in [3.8, 4) is 10.6 Å². The lowest BCUT2D eigenvalue weighted by molar-refractivity contribution is -0.121. The highest BCUT2D eigenvalue weighted by Crippen LogP contribution is 2.29. The summed E-state index contributed by atoms with van der Waals surface area (Å²) < 4.78 is 0. The highest BCUT2D eigenvalue weighted by atomic mass is 32.1. The van der Waals surface area contributed by atoms with Crippen LogP contribution < -0.4 is 10.7 Å².